The van der Waals surface area contributed by atoms with Crippen LogP contribution in [0.15, 0.2) is 87.7 Å². The molecule has 6 heteroatoms. The fourth-order valence-corrected chi connectivity index (χ4v) is 7.73. The van der Waals surface area contributed by atoms with Gasteiger partial charge in [-0.25, -0.2) is 0 Å². The van der Waals surface area contributed by atoms with Gasteiger partial charge in [-0.2, -0.15) is 0 Å². The summed E-state index contributed by atoms with van der Waals surface area (Å²) in [7, 11) is 1.70. The van der Waals surface area contributed by atoms with Crippen LogP contribution in [0.5, 0.6) is 5.75 Å². The summed E-state index contributed by atoms with van der Waals surface area (Å²) < 4.78 is 12.6. The van der Waals surface area contributed by atoms with E-state index >= 15 is 0 Å². The fraction of sp³-hybridized carbons (Fsp3) is 0.405. The number of hydrogen-bond acceptors (Lipinski definition) is 5. The number of Topliss-reactive ketones (excluding diaryl/α,β-unsaturated/α-hetero) is 2. The van der Waals surface area contributed by atoms with E-state index in [9.17, 15) is 9.59 Å². The highest BCUT2D eigenvalue weighted by molar-refractivity contribution is 9.10. The van der Waals surface area contributed by atoms with Gasteiger partial charge in [-0.15, -0.1) is 0 Å². The second kappa shape index (κ2) is 11.4. The molecule has 0 amide bonds. The zero-order valence-corrected chi connectivity index (χ0v) is 27.3. The molecule has 0 bridgehead atoms. The van der Waals surface area contributed by atoms with Gasteiger partial charge in [0.05, 0.1) is 11.1 Å². The van der Waals surface area contributed by atoms with Crippen LogP contribution >= 0.6 is 15.9 Å². The van der Waals surface area contributed by atoms with Gasteiger partial charge in [0.15, 0.2) is 11.6 Å². The molecule has 0 aromatic heterocycles. The molecule has 0 N–H and O–H groups in total. The van der Waals surface area contributed by atoms with E-state index in [1.54, 1.807) is 7.11 Å². The number of carbonyl (C=O) groups is 2. The zero-order chi connectivity index (χ0) is 30.5. The molecular formula is C37H40BrNO4. The molecule has 0 saturated heterocycles. The largest absolute Gasteiger partial charge is 0.488 e. The number of hydrogen-bond donors (Lipinski definition) is 0. The molecular weight excluding hydrogens is 602 g/mol. The summed E-state index contributed by atoms with van der Waals surface area (Å²) in [6.07, 6.45) is 2.51. The number of halogens is 1. The number of ketones is 2. The summed E-state index contributed by atoms with van der Waals surface area (Å²) in [6, 6.07) is 20.6. The molecule has 3 aliphatic rings. The topological polar surface area (TPSA) is 55.8 Å². The van der Waals surface area contributed by atoms with Crippen molar-refractivity contribution in [3.8, 4) is 5.75 Å². The van der Waals surface area contributed by atoms with Crippen LogP contribution in [0.2, 0.25) is 0 Å². The van der Waals surface area contributed by atoms with Gasteiger partial charge in [-0.3, -0.25) is 9.59 Å². The predicted molar refractivity (Wildman–Crippen MR) is 174 cm³/mol. The lowest BCUT2D eigenvalue weighted by Crippen LogP contribution is -2.45. The fourth-order valence-electron chi connectivity index (χ4n) is 7.22. The lowest BCUT2D eigenvalue weighted by Gasteiger charge is -2.49. The van der Waals surface area contributed by atoms with E-state index in [1.165, 1.54) is 10.8 Å². The van der Waals surface area contributed by atoms with E-state index in [0.717, 1.165) is 56.7 Å². The minimum Gasteiger partial charge on any atom is -0.488 e. The maximum Gasteiger partial charge on any atom is 0.162 e. The molecule has 0 atom stereocenters. The third-order valence-electron chi connectivity index (χ3n) is 9.09. The van der Waals surface area contributed by atoms with Crippen LogP contribution < -0.4 is 4.74 Å². The summed E-state index contributed by atoms with van der Waals surface area (Å²) in [5.74, 6) is 0.606. The number of nitrogens with zero attached hydrogens (tertiary/aromatic N) is 1. The van der Waals surface area contributed by atoms with Crippen molar-refractivity contribution in [2.75, 3.05) is 20.3 Å². The Morgan fingerprint density at radius 3 is 2.09 bits per heavy atom. The first-order chi connectivity index (χ1) is 20.5. The van der Waals surface area contributed by atoms with Gasteiger partial charge in [-0.05, 0) is 73.6 Å². The van der Waals surface area contributed by atoms with E-state index in [2.05, 4.69) is 78.9 Å². The van der Waals surface area contributed by atoms with Crippen LogP contribution in [-0.4, -0.2) is 36.7 Å². The molecule has 224 valence electrons. The molecule has 3 aromatic rings. The van der Waals surface area contributed by atoms with E-state index in [1.807, 2.05) is 30.3 Å². The molecule has 0 fully saturated rings. The van der Waals surface area contributed by atoms with Crippen molar-refractivity contribution >= 4 is 38.3 Å². The minimum absolute atomic E-state index is 0.134. The van der Waals surface area contributed by atoms with Crippen LogP contribution in [0.25, 0.3) is 10.8 Å². The Labute approximate surface area is 263 Å². The molecule has 0 radical (unpaired) electrons. The molecule has 0 spiro atoms. The Hall–Kier alpha value is -3.22. The van der Waals surface area contributed by atoms with Crippen molar-refractivity contribution in [1.82, 2.24) is 4.90 Å². The molecule has 1 heterocycles. The van der Waals surface area contributed by atoms with Gasteiger partial charge in [-0.1, -0.05) is 76.2 Å². The van der Waals surface area contributed by atoms with Crippen molar-refractivity contribution in [1.29, 1.82) is 0 Å². The van der Waals surface area contributed by atoms with Gasteiger partial charge in [0.2, 0.25) is 0 Å². The third kappa shape index (κ3) is 5.72. The van der Waals surface area contributed by atoms with E-state index in [4.69, 9.17) is 9.47 Å². The Morgan fingerprint density at radius 1 is 0.837 bits per heavy atom. The lowest BCUT2D eigenvalue weighted by molar-refractivity contribution is -0.119. The predicted octanol–water partition coefficient (Wildman–Crippen LogP) is 8.51. The average Bonchev–Trinajstić information content (AvgIpc) is 2.94. The van der Waals surface area contributed by atoms with Crippen LogP contribution in [0.1, 0.15) is 70.4 Å². The number of fused-ring (bicyclic) bond motifs is 1. The second-order valence-corrected chi connectivity index (χ2v) is 14.7. The summed E-state index contributed by atoms with van der Waals surface area (Å²) in [4.78, 5) is 30.2. The van der Waals surface area contributed by atoms with Crippen molar-refractivity contribution < 1.29 is 19.1 Å². The normalized spacial score (nSPS) is 20.0. The Morgan fingerprint density at radius 2 is 1.47 bits per heavy atom. The third-order valence-corrected chi connectivity index (χ3v) is 9.71. The molecule has 0 unspecified atom stereocenters. The summed E-state index contributed by atoms with van der Waals surface area (Å²) in [5, 5.41) is 2.36. The molecule has 3 aromatic carbocycles. The van der Waals surface area contributed by atoms with Gasteiger partial charge >= 0.3 is 0 Å². The monoisotopic (exact) mass is 641 g/mol. The SMILES string of the molecule is COCCN1C2=C(C(=O)CC(C)(C)C2)C(c2ccc(OCc3cccc4ccccc34)c(Br)c2)C2=C1CC(C)(C)CC2=O. The molecule has 43 heavy (non-hydrogen) atoms. The molecule has 1 aliphatic heterocycles. The summed E-state index contributed by atoms with van der Waals surface area (Å²) >= 11 is 3.77. The van der Waals surface area contributed by atoms with Gasteiger partial charge in [0.1, 0.15) is 12.4 Å². The first-order valence-electron chi connectivity index (χ1n) is 15.2. The number of ether oxygens (including phenoxy) is 2. The highest BCUT2D eigenvalue weighted by Gasteiger charge is 2.48. The lowest BCUT2D eigenvalue weighted by atomic mass is 9.63. The standard InChI is InChI=1S/C37H40BrNO4/c1-36(2)18-28-34(30(40)20-36)33(35-29(39(28)15-16-42-5)19-37(3,4)21-31(35)41)24-13-14-32(27(38)17-24)43-22-25-11-8-10-23-9-6-7-12-26(23)25/h6-14,17,33H,15-16,18-22H2,1-5H3. The van der Waals surface area contributed by atoms with E-state index in [-0.39, 0.29) is 28.3 Å². The number of allylic oxidation sites excluding steroid dienone is 4. The van der Waals surface area contributed by atoms with Crippen LogP contribution in [0.3, 0.4) is 0 Å². The first-order valence-corrected chi connectivity index (χ1v) is 16.0. The summed E-state index contributed by atoms with van der Waals surface area (Å²) in [5.41, 5.74) is 5.41. The van der Waals surface area contributed by atoms with Crippen molar-refractivity contribution in [3.63, 3.8) is 0 Å². The maximum absolute atomic E-state index is 14.0. The smallest absolute Gasteiger partial charge is 0.162 e. The van der Waals surface area contributed by atoms with E-state index < -0.39 is 0 Å². The maximum atomic E-state index is 14.0. The Balaban J connectivity index is 1.41. The second-order valence-electron chi connectivity index (χ2n) is 13.8. The number of benzene rings is 3. The molecule has 2 aliphatic carbocycles. The zero-order valence-electron chi connectivity index (χ0n) is 25.8. The van der Waals surface area contributed by atoms with Gasteiger partial charge < -0.3 is 14.4 Å². The van der Waals surface area contributed by atoms with Crippen LogP contribution in [0, 0.1) is 10.8 Å². The highest BCUT2D eigenvalue weighted by atomic mass is 79.9. The quantitative estimate of drug-likeness (QED) is 0.259. The number of methoxy groups -OCH3 is 1. The first kappa shape index (κ1) is 29.8. The Kier molecular flexibility index (Phi) is 7.89. The van der Waals surface area contributed by atoms with Gasteiger partial charge in [0.25, 0.3) is 0 Å². The minimum atomic E-state index is -0.389. The van der Waals surface area contributed by atoms with Crippen LogP contribution in [0.4, 0.5) is 0 Å². The van der Waals surface area contributed by atoms with Gasteiger partial charge in [0, 0.05) is 55.0 Å². The Bertz CT molecular complexity index is 1620. The average molecular weight is 643 g/mol. The number of carbonyl (C=O) groups excluding carboxylic acids is 2. The van der Waals surface area contributed by atoms with Crippen molar-refractivity contribution in [3.05, 3.63) is 98.8 Å². The number of rotatable bonds is 7. The molecule has 6 rings (SSSR count). The highest BCUT2D eigenvalue weighted by Crippen LogP contribution is 2.54. The van der Waals surface area contributed by atoms with Crippen molar-refractivity contribution in [2.24, 2.45) is 10.8 Å². The summed E-state index contributed by atoms with van der Waals surface area (Å²) in [6.45, 7) is 10.2. The van der Waals surface area contributed by atoms with Crippen molar-refractivity contribution in [2.45, 2.75) is 65.9 Å². The molecule has 5 nitrogen and oxygen atoms in total. The molecule has 0 saturated carbocycles. The van der Waals surface area contributed by atoms with E-state index in [0.29, 0.717) is 32.6 Å². The van der Waals surface area contributed by atoms with Crippen LogP contribution in [-0.2, 0) is 20.9 Å².